The van der Waals surface area contributed by atoms with Crippen molar-refractivity contribution in [3.8, 4) is 0 Å². The van der Waals surface area contributed by atoms with Crippen molar-refractivity contribution in [1.82, 2.24) is 9.38 Å². The Bertz CT molecular complexity index is 472. The van der Waals surface area contributed by atoms with Crippen molar-refractivity contribution in [2.75, 3.05) is 0 Å². The fourth-order valence-corrected chi connectivity index (χ4v) is 1.13. The van der Waals surface area contributed by atoms with Gasteiger partial charge < -0.3 is 4.40 Å². The van der Waals surface area contributed by atoms with E-state index in [1.807, 2.05) is 0 Å². The second-order valence-corrected chi connectivity index (χ2v) is 2.74. The number of nitrogens with zero attached hydrogens (tertiary/aromatic N) is 2. The number of rotatable bonds is 0. The minimum atomic E-state index is -4.43. The third kappa shape index (κ3) is 1.43. The van der Waals surface area contributed by atoms with Crippen molar-refractivity contribution in [2.24, 2.45) is 0 Å². The topological polar surface area (TPSA) is 17.3 Å². The lowest BCUT2D eigenvalue weighted by Gasteiger charge is -2.05. The van der Waals surface area contributed by atoms with Gasteiger partial charge in [-0.05, 0) is 12.1 Å². The van der Waals surface area contributed by atoms with Gasteiger partial charge in [0.2, 0.25) is 5.95 Å². The lowest BCUT2D eigenvalue weighted by Crippen LogP contribution is -2.05. The molecule has 2 aromatic heterocycles. The van der Waals surface area contributed by atoms with E-state index in [0.717, 1.165) is 24.5 Å². The van der Waals surface area contributed by atoms with Crippen molar-refractivity contribution in [3.05, 3.63) is 36.0 Å². The maximum absolute atomic E-state index is 12.5. The molecule has 2 heterocycles. The van der Waals surface area contributed by atoms with Gasteiger partial charge in [-0.15, -0.1) is 0 Å². The molecule has 0 aliphatic heterocycles. The summed E-state index contributed by atoms with van der Waals surface area (Å²) < 4.78 is 50.3. The Morgan fingerprint density at radius 2 is 2.00 bits per heavy atom. The van der Waals surface area contributed by atoms with Crippen molar-refractivity contribution in [3.63, 3.8) is 0 Å². The zero-order valence-corrected chi connectivity index (χ0v) is 6.72. The van der Waals surface area contributed by atoms with Crippen molar-refractivity contribution >= 4 is 5.65 Å². The largest absolute Gasteiger partial charge is 0.416 e. The summed E-state index contributed by atoms with van der Waals surface area (Å²) in [7, 11) is 0. The standard InChI is InChI=1S/C8H4F4N2/c9-6-4-14-2-1-5(8(10,11)12)3-7(14)13-6/h1-4H. The molecule has 0 atom stereocenters. The molecule has 0 saturated carbocycles. The summed E-state index contributed by atoms with van der Waals surface area (Å²) in [5, 5.41) is 0. The van der Waals surface area contributed by atoms with Crippen LogP contribution in [0, 0.1) is 5.95 Å². The second kappa shape index (κ2) is 2.70. The zero-order valence-electron chi connectivity index (χ0n) is 6.72. The minimum absolute atomic E-state index is 0.0580. The van der Waals surface area contributed by atoms with E-state index >= 15 is 0 Å². The first-order valence-electron chi connectivity index (χ1n) is 3.68. The predicted octanol–water partition coefficient (Wildman–Crippen LogP) is 2.49. The smallest absolute Gasteiger partial charge is 0.304 e. The summed E-state index contributed by atoms with van der Waals surface area (Å²) in [5.41, 5.74) is -0.895. The number of alkyl halides is 3. The number of imidazole rings is 1. The molecule has 0 radical (unpaired) electrons. The number of halogens is 4. The predicted molar refractivity (Wildman–Crippen MR) is 40.2 cm³/mol. The van der Waals surface area contributed by atoms with Crippen LogP contribution < -0.4 is 0 Å². The normalized spacial score (nSPS) is 12.3. The lowest BCUT2D eigenvalue weighted by atomic mass is 10.2. The highest BCUT2D eigenvalue weighted by molar-refractivity contribution is 5.42. The van der Waals surface area contributed by atoms with E-state index in [9.17, 15) is 17.6 Å². The molecule has 2 rings (SSSR count). The zero-order chi connectivity index (χ0) is 10.3. The van der Waals surface area contributed by atoms with E-state index < -0.39 is 17.7 Å². The van der Waals surface area contributed by atoms with Gasteiger partial charge in [-0.25, -0.2) is 4.98 Å². The molecule has 2 nitrogen and oxygen atoms in total. The molecule has 0 amide bonds. The lowest BCUT2D eigenvalue weighted by molar-refractivity contribution is -0.137. The van der Waals surface area contributed by atoms with Gasteiger partial charge in [-0.1, -0.05) is 0 Å². The van der Waals surface area contributed by atoms with Crippen LogP contribution in [0.5, 0.6) is 0 Å². The van der Waals surface area contributed by atoms with Crippen LogP contribution in [0.15, 0.2) is 24.5 Å². The third-order valence-corrected chi connectivity index (χ3v) is 1.76. The van der Waals surface area contributed by atoms with E-state index in [1.54, 1.807) is 0 Å². The van der Waals surface area contributed by atoms with Crippen LogP contribution in [0.4, 0.5) is 17.6 Å². The fourth-order valence-electron chi connectivity index (χ4n) is 1.13. The number of hydrogen-bond acceptors (Lipinski definition) is 1. The highest BCUT2D eigenvalue weighted by Crippen LogP contribution is 2.29. The summed E-state index contributed by atoms with van der Waals surface area (Å²) in [4.78, 5) is 3.28. The first-order valence-corrected chi connectivity index (χ1v) is 3.68. The molecule has 0 spiro atoms. The van der Waals surface area contributed by atoms with E-state index in [0.29, 0.717) is 0 Å². The van der Waals surface area contributed by atoms with E-state index in [4.69, 9.17) is 0 Å². The number of pyridine rings is 1. The summed E-state index contributed by atoms with van der Waals surface area (Å²) in [6.45, 7) is 0. The van der Waals surface area contributed by atoms with Crippen LogP contribution in [0.1, 0.15) is 5.56 Å². The first kappa shape index (κ1) is 8.98. The van der Waals surface area contributed by atoms with Gasteiger partial charge >= 0.3 is 6.18 Å². The van der Waals surface area contributed by atoms with Crippen LogP contribution in [0.25, 0.3) is 5.65 Å². The maximum Gasteiger partial charge on any atom is 0.416 e. The molecule has 14 heavy (non-hydrogen) atoms. The number of hydrogen-bond donors (Lipinski definition) is 0. The molecule has 0 aliphatic carbocycles. The maximum atomic E-state index is 12.5. The highest BCUT2D eigenvalue weighted by atomic mass is 19.4. The van der Waals surface area contributed by atoms with Gasteiger partial charge in [0.05, 0.1) is 11.8 Å². The Kier molecular flexibility index (Phi) is 1.73. The fraction of sp³-hybridized carbons (Fsp3) is 0.125. The van der Waals surface area contributed by atoms with Gasteiger partial charge in [0.25, 0.3) is 0 Å². The van der Waals surface area contributed by atoms with Gasteiger partial charge in [-0.2, -0.15) is 17.6 Å². The monoisotopic (exact) mass is 204 g/mol. The molecule has 0 unspecified atom stereocenters. The molecule has 0 aromatic carbocycles. The molecule has 74 valence electrons. The molecule has 0 bridgehead atoms. The van der Waals surface area contributed by atoms with Gasteiger partial charge in [0.15, 0.2) is 0 Å². The Morgan fingerprint density at radius 1 is 1.29 bits per heavy atom. The first-order chi connectivity index (χ1) is 6.47. The van der Waals surface area contributed by atoms with Crippen LogP contribution in [0.2, 0.25) is 0 Å². The molecule has 2 aromatic rings. The van der Waals surface area contributed by atoms with E-state index in [1.165, 1.54) is 4.40 Å². The molecular formula is C8H4F4N2. The molecule has 6 heteroatoms. The molecular weight excluding hydrogens is 200 g/mol. The van der Waals surface area contributed by atoms with Gasteiger partial charge in [-0.3, -0.25) is 0 Å². The summed E-state index contributed by atoms with van der Waals surface area (Å²) in [5.74, 6) is -0.802. The quantitative estimate of drug-likeness (QED) is 0.602. The Balaban J connectivity index is 2.62. The minimum Gasteiger partial charge on any atom is -0.304 e. The highest BCUT2D eigenvalue weighted by Gasteiger charge is 2.30. The number of fused-ring (bicyclic) bond motifs is 1. The SMILES string of the molecule is Fc1cn2ccc(C(F)(F)F)cc2n1. The third-order valence-electron chi connectivity index (χ3n) is 1.76. The van der Waals surface area contributed by atoms with E-state index in [2.05, 4.69) is 4.98 Å². The van der Waals surface area contributed by atoms with Gasteiger partial charge in [0.1, 0.15) is 5.65 Å². The summed E-state index contributed by atoms with van der Waals surface area (Å²) >= 11 is 0. The van der Waals surface area contributed by atoms with Gasteiger partial charge in [0, 0.05) is 6.20 Å². The van der Waals surface area contributed by atoms with Crippen LogP contribution in [-0.4, -0.2) is 9.38 Å². The van der Waals surface area contributed by atoms with E-state index in [-0.39, 0.29) is 5.65 Å². The van der Waals surface area contributed by atoms with Crippen LogP contribution in [0.3, 0.4) is 0 Å². The van der Waals surface area contributed by atoms with Crippen molar-refractivity contribution in [1.29, 1.82) is 0 Å². The second-order valence-electron chi connectivity index (χ2n) is 2.74. The summed E-state index contributed by atoms with van der Waals surface area (Å²) in [6, 6.07) is 1.66. The van der Waals surface area contributed by atoms with Crippen molar-refractivity contribution < 1.29 is 17.6 Å². The Labute approximate surface area is 75.8 Å². The average molecular weight is 204 g/mol. The Morgan fingerprint density at radius 3 is 2.64 bits per heavy atom. The molecule has 0 fully saturated rings. The van der Waals surface area contributed by atoms with Crippen LogP contribution >= 0.6 is 0 Å². The molecule has 0 N–H and O–H groups in total. The molecule has 0 saturated heterocycles. The molecule has 0 aliphatic rings. The van der Waals surface area contributed by atoms with Crippen molar-refractivity contribution in [2.45, 2.75) is 6.18 Å². The van der Waals surface area contributed by atoms with Crippen LogP contribution in [-0.2, 0) is 6.18 Å². The number of aromatic nitrogens is 2. The average Bonchev–Trinajstić information content (AvgIpc) is 2.41. The summed E-state index contributed by atoms with van der Waals surface area (Å²) in [6.07, 6.45) is -2.30. The Hall–Kier alpha value is -1.59.